The minimum absolute atomic E-state index is 0. The minimum Gasteiger partial charge on any atom is -0.320 e. The van der Waals surface area contributed by atoms with Gasteiger partial charge in [0.05, 0.1) is 17.1 Å². The van der Waals surface area contributed by atoms with Crippen LogP contribution in [0.5, 0.6) is 0 Å². The number of aromatic nitrogens is 1. The summed E-state index contributed by atoms with van der Waals surface area (Å²) in [7, 11) is -1.86. The molecule has 0 bridgehead atoms. The molecule has 180 valence electrons. The molecule has 5 nitrogen and oxygen atoms in total. The Morgan fingerprint density at radius 2 is 1.70 bits per heavy atom. The predicted molar refractivity (Wildman–Crippen MR) is 143 cm³/mol. The van der Waals surface area contributed by atoms with Crippen molar-refractivity contribution in [3.63, 3.8) is 0 Å². The monoisotopic (exact) mass is 552 g/mol. The second kappa shape index (κ2) is 12.1. The van der Waals surface area contributed by atoms with Crippen LogP contribution in [0, 0.1) is 5.92 Å². The Balaban J connectivity index is 0.00000385. The molecule has 1 N–H and O–H groups in total. The van der Waals surface area contributed by atoms with Gasteiger partial charge in [0.25, 0.3) is 10.1 Å². The third kappa shape index (κ3) is 7.91. The first-order chi connectivity index (χ1) is 15.1. The largest absolute Gasteiger partial charge is 0.320 e. The van der Waals surface area contributed by atoms with E-state index in [1.54, 1.807) is 11.3 Å². The maximum absolute atomic E-state index is 11.0. The summed E-state index contributed by atoms with van der Waals surface area (Å²) >= 11 is 1.62. The van der Waals surface area contributed by atoms with E-state index in [-0.39, 0.29) is 28.7 Å². The van der Waals surface area contributed by atoms with Gasteiger partial charge in [-0.05, 0) is 54.4 Å². The second-order valence-corrected chi connectivity index (χ2v) is 11.1. The number of benzene rings is 2. The maximum Gasteiger partial charge on any atom is 0.264 e. The molecule has 3 rings (SSSR count). The number of rotatable bonds is 9. The Morgan fingerprint density at radius 3 is 2.33 bits per heavy atom. The van der Waals surface area contributed by atoms with E-state index in [0.29, 0.717) is 12.3 Å². The summed E-state index contributed by atoms with van der Waals surface area (Å²) < 4.78 is 33.1. The number of hydrogen-bond donors (Lipinski definition) is 1. The molecular weight excluding hydrogens is 520 g/mol. The van der Waals surface area contributed by atoms with Crippen LogP contribution in [0.4, 0.5) is 5.69 Å². The van der Waals surface area contributed by atoms with Crippen molar-refractivity contribution in [3.8, 4) is 11.3 Å². The van der Waals surface area contributed by atoms with Crippen molar-refractivity contribution in [2.24, 2.45) is 18.0 Å². The summed E-state index contributed by atoms with van der Waals surface area (Å²) in [5.74, 6) is 0.527. The molecule has 0 amide bonds. The van der Waals surface area contributed by atoms with Gasteiger partial charge in [0.1, 0.15) is 0 Å². The van der Waals surface area contributed by atoms with E-state index in [0.717, 1.165) is 29.0 Å². The predicted octanol–water partition coefficient (Wildman–Crippen LogP) is 6.53. The molecule has 1 aromatic heterocycles. The molecule has 2 aromatic carbocycles. The molecule has 0 fully saturated rings. The number of aryl methyl sites for hydroxylation is 1. The van der Waals surface area contributed by atoms with Gasteiger partial charge in [-0.1, -0.05) is 57.2 Å². The molecule has 0 aliphatic heterocycles. The summed E-state index contributed by atoms with van der Waals surface area (Å²) in [6.07, 6.45) is 2.17. The first-order valence-corrected chi connectivity index (χ1v) is 13.5. The van der Waals surface area contributed by atoms with E-state index in [1.807, 2.05) is 26.1 Å². The lowest BCUT2D eigenvalue weighted by atomic mass is 9.95. The Hall–Kier alpha value is -1.74. The first kappa shape index (κ1) is 27.5. The number of halogens is 1. The molecular formula is C25H33BrN2O3S2. The minimum atomic E-state index is -3.90. The van der Waals surface area contributed by atoms with Gasteiger partial charge < -0.3 is 4.57 Å². The van der Waals surface area contributed by atoms with Crippen molar-refractivity contribution < 1.29 is 13.0 Å². The first-order valence-electron chi connectivity index (χ1n) is 11.0. The molecule has 33 heavy (non-hydrogen) atoms. The van der Waals surface area contributed by atoms with E-state index in [4.69, 9.17) is 9.55 Å². The molecule has 1 atom stereocenters. The van der Waals surface area contributed by atoms with Crippen LogP contribution in [-0.4, -0.2) is 23.3 Å². The summed E-state index contributed by atoms with van der Waals surface area (Å²) in [5, 5.41) is 2.14. The van der Waals surface area contributed by atoms with Crippen LogP contribution < -0.4 is 4.80 Å². The van der Waals surface area contributed by atoms with Crippen molar-refractivity contribution >= 4 is 44.1 Å². The van der Waals surface area contributed by atoms with Crippen molar-refractivity contribution in [3.05, 3.63) is 69.8 Å². The van der Waals surface area contributed by atoms with Gasteiger partial charge in [0, 0.05) is 18.0 Å². The van der Waals surface area contributed by atoms with Gasteiger partial charge in [-0.25, -0.2) is 4.99 Å². The van der Waals surface area contributed by atoms with Crippen molar-refractivity contribution in [1.82, 2.24) is 4.57 Å². The lowest BCUT2D eigenvalue weighted by Crippen LogP contribution is -2.12. The third-order valence-electron chi connectivity index (χ3n) is 5.78. The van der Waals surface area contributed by atoms with Crippen LogP contribution >= 0.6 is 28.3 Å². The van der Waals surface area contributed by atoms with Gasteiger partial charge in [0.15, 0.2) is 4.80 Å². The summed E-state index contributed by atoms with van der Waals surface area (Å²) in [6.45, 7) is 6.40. The fourth-order valence-electron chi connectivity index (χ4n) is 3.64. The average Bonchev–Trinajstić information content (AvgIpc) is 3.10. The summed E-state index contributed by atoms with van der Waals surface area (Å²) in [6, 6.07) is 16.7. The molecule has 1 unspecified atom stereocenters. The zero-order valence-corrected chi connectivity index (χ0v) is 22.9. The highest BCUT2D eigenvalue weighted by Gasteiger charge is 2.13. The molecule has 0 aliphatic carbocycles. The fraction of sp³-hybridized carbons (Fsp3) is 0.400. The van der Waals surface area contributed by atoms with Gasteiger partial charge >= 0.3 is 0 Å². The van der Waals surface area contributed by atoms with E-state index in [9.17, 15) is 8.42 Å². The van der Waals surface area contributed by atoms with E-state index in [1.165, 1.54) is 16.7 Å². The van der Waals surface area contributed by atoms with Crippen LogP contribution in [0.15, 0.2) is 58.9 Å². The SMILES string of the molecule is Br.CC(CCc1ccccc1-c1csc(=Nc2ccc(C(C)C)cc2)n1C)CCS(=O)(=O)O. The zero-order valence-electron chi connectivity index (χ0n) is 19.6. The van der Waals surface area contributed by atoms with E-state index >= 15 is 0 Å². The summed E-state index contributed by atoms with van der Waals surface area (Å²) in [5.41, 5.74) is 5.77. The average molecular weight is 554 g/mol. The second-order valence-electron chi connectivity index (χ2n) is 8.70. The molecule has 0 saturated carbocycles. The fourth-order valence-corrected chi connectivity index (χ4v) is 5.26. The lowest BCUT2D eigenvalue weighted by Gasteiger charge is -2.13. The van der Waals surface area contributed by atoms with Crippen molar-refractivity contribution in [2.75, 3.05) is 5.75 Å². The normalized spacial score (nSPS) is 13.2. The van der Waals surface area contributed by atoms with Gasteiger partial charge in [-0.15, -0.1) is 28.3 Å². The molecule has 0 aliphatic rings. The smallest absolute Gasteiger partial charge is 0.264 e. The van der Waals surface area contributed by atoms with Crippen LogP contribution in [0.2, 0.25) is 0 Å². The van der Waals surface area contributed by atoms with Crippen LogP contribution in [0.25, 0.3) is 11.3 Å². The summed E-state index contributed by atoms with van der Waals surface area (Å²) in [4.78, 5) is 5.78. The topological polar surface area (TPSA) is 71.7 Å². The Labute approximate surface area is 211 Å². The van der Waals surface area contributed by atoms with Crippen LogP contribution in [0.3, 0.4) is 0 Å². The Kier molecular flexibility index (Phi) is 10.1. The zero-order chi connectivity index (χ0) is 23.3. The molecule has 8 heteroatoms. The standard InChI is InChI=1S/C25H32N2O3S2.BrH/c1-18(2)20-11-13-22(14-12-20)26-25-27(4)24(17-31-25)23-8-6-5-7-21(23)10-9-19(3)15-16-32(28,29)30;/h5-8,11-14,17-19H,9-10,15-16H2,1-4H3,(H,28,29,30);1H. The highest BCUT2D eigenvalue weighted by molar-refractivity contribution is 8.93. The Bertz CT molecular complexity index is 1210. The highest BCUT2D eigenvalue weighted by Crippen LogP contribution is 2.27. The molecule has 3 aromatic rings. The van der Waals surface area contributed by atoms with Crippen LogP contribution in [0.1, 0.15) is 50.7 Å². The number of hydrogen-bond acceptors (Lipinski definition) is 4. The maximum atomic E-state index is 11.0. The molecule has 0 radical (unpaired) electrons. The highest BCUT2D eigenvalue weighted by atomic mass is 79.9. The van der Waals surface area contributed by atoms with Crippen LogP contribution in [-0.2, 0) is 23.6 Å². The van der Waals surface area contributed by atoms with E-state index < -0.39 is 10.1 Å². The van der Waals surface area contributed by atoms with Gasteiger partial charge in [-0.2, -0.15) is 8.42 Å². The lowest BCUT2D eigenvalue weighted by molar-refractivity contribution is 0.462. The van der Waals surface area contributed by atoms with Crippen molar-refractivity contribution in [1.29, 1.82) is 0 Å². The van der Waals surface area contributed by atoms with Crippen molar-refractivity contribution in [2.45, 2.75) is 46.0 Å². The molecule has 1 heterocycles. The Morgan fingerprint density at radius 1 is 1.03 bits per heavy atom. The quantitative estimate of drug-likeness (QED) is 0.306. The van der Waals surface area contributed by atoms with Gasteiger partial charge in [0.2, 0.25) is 0 Å². The van der Waals surface area contributed by atoms with E-state index in [2.05, 4.69) is 60.2 Å². The molecule has 0 saturated heterocycles. The number of thiazole rings is 1. The molecule has 0 spiro atoms. The number of nitrogens with zero attached hydrogens (tertiary/aromatic N) is 2. The van der Waals surface area contributed by atoms with Gasteiger partial charge in [-0.3, -0.25) is 4.55 Å². The third-order valence-corrected chi connectivity index (χ3v) is 7.45.